The zero-order valence-corrected chi connectivity index (χ0v) is 8.07. The highest BCUT2D eigenvalue weighted by molar-refractivity contribution is 5.71. The van der Waals surface area contributed by atoms with Crippen molar-refractivity contribution in [3.63, 3.8) is 0 Å². The van der Waals surface area contributed by atoms with Gasteiger partial charge in [0.15, 0.2) is 0 Å². The smallest absolute Gasteiger partial charge is 0.307 e. The third kappa shape index (κ3) is 2.68. The van der Waals surface area contributed by atoms with E-state index >= 15 is 0 Å². The van der Waals surface area contributed by atoms with Crippen LogP contribution in [0.15, 0.2) is 18.2 Å². The third-order valence-corrected chi connectivity index (χ3v) is 2.18. The van der Waals surface area contributed by atoms with Gasteiger partial charge in [-0.3, -0.25) is 4.79 Å². The highest BCUT2D eigenvalue weighted by atomic mass is 19.1. The molecule has 1 saturated carbocycles. The lowest BCUT2D eigenvalue weighted by molar-refractivity contribution is -0.136. The van der Waals surface area contributed by atoms with Gasteiger partial charge in [-0.2, -0.15) is 0 Å². The van der Waals surface area contributed by atoms with E-state index in [1.807, 2.05) is 0 Å². The van der Waals surface area contributed by atoms with Gasteiger partial charge in [0.05, 0.1) is 12.5 Å². The Kier molecular flexibility index (Phi) is 2.58. The van der Waals surface area contributed by atoms with Crippen molar-refractivity contribution in [1.29, 1.82) is 0 Å². The number of carboxylic acid groups (broad SMARTS) is 1. The summed E-state index contributed by atoms with van der Waals surface area (Å²) in [4.78, 5) is 10.6. The van der Waals surface area contributed by atoms with Crippen molar-refractivity contribution in [2.24, 2.45) is 0 Å². The molecule has 0 atom stereocenters. The summed E-state index contributed by atoms with van der Waals surface area (Å²) >= 11 is 0. The van der Waals surface area contributed by atoms with Crippen molar-refractivity contribution in [1.82, 2.24) is 0 Å². The number of rotatable bonds is 4. The molecule has 1 fully saturated rings. The molecule has 0 spiro atoms. The molecule has 0 unspecified atom stereocenters. The lowest BCUT2D eigenvalue weighted by atomic mass is 10.1. The summed E-state index contributed by atoms with van der Waals surface area (Å²) in [6.07, 6.45) is 1.95. The molecular weight excluding hydrogens is 199 g/mol. The van der Waals surface area contributed by atoms with Gasteiger partial charge in [0.25, 0.3) is 0 Å². The fraction of sp³-hybridized carbons (Fsp3) is 0.364. The van der Waals surface area contributed by atoms with Crippen molar-refractivity contribution < 1.29 is 19.0 Å². The fourth-order valence-electron chi connectivity index (χ4n) is 1.33. The second-order valence-electron chi connectivity index (χ2n) is 3.64. The van der Waals surface area contributed by atoms with Crippen LogP contribution in [-0.2, 0) is 11.2 Å². The average molecular weight is 210 g/mol. The van der Waals surface area contributed by atoms with Crippen LogP contribution in [-0.4, -0.2) is 17.2 Å². The van der Waals surface area contributed by atoms with Crippen molar-refractivity contribution >= 4 is 5.97 Å². The maximum Gasteiger partial charge on any atom is 0.307 e. The predicted molar refractivity (Wildman–Crippen MR) is 51.4 cm³/mol. The Morgan fingerprint density at radius 1 is 1.53 bits per heavy atom. The molecule has 80 valence electrons. The molecule has 1 aliphatic rings. The van der Waals surface area contributed by atoms with Crippen LogP contribution < -0.4 is 4.74 Å². The van der Waals surface area contributed by atoms with E-state index in [-0.39, 0.29) is 12.5 Å². The van der Waals surface area contributed by atoms with Gasteiger partial charge in [0.1, 0.15) is 11.6 Å². The zero-order chi connectivity index (χ0) is 10.8. The molecule has 1 aliphatic carbocycles. The van der Waals surface area contributed by atoms with Crippen molar-refractivity contribution in [3.05, 3.63) is 29.6 Å². The summed E-state index contributed by atoms with van der Waals surface area (Å²) in [5.41, 5.74) is 0.398. The highest BCUT2D eigenvalue weighted by Crippen LogP contribution is 2.29. The first-order valence-corrected chi connectivity index (χ1v) is 4.82. The molecule has 0 aliphatic heterocycles. The number of halogens is 1. The van der Waals surface area contributed by atoms with Gasteiger partial charge in [0, 0.05) is 5.56 Å². The monoisotopic (exact) mass is 210 g/mol. The first kappa shape index (κ1) is 9.96. The number of aliphatic carboxylic acids is 1. The Hall–Kier alpha value is -1.58. The molecule has 0 amide bonds. The molecule has 3 nitrogen and oxygen atoms in total. The summed E-state index contributed by atoms with van der Waals surface area (Å²) in [5, 5.41) is 8.65. The van der Waals surface area contributed by atoms with E-state index in [0.29, 0.717) is 11.3 Å². The van der Waals surface area contributed by atoms with E-state index in [4.69, 9.17) is 9.84 Å². The topological polar surface area (TPSA) is 46.5 Å². The number of hydrogen-bond acceptors (Lipinski definition) is 2. The van der Waals surface area contributed by atoms with Crippen molar-refractivity contribution in [3.8, 4) is 5.75 Å². The first-order valence-electron chi connectivity index (χ1n) is 4.82. The minimum atomic E-state index is -0.985. The van der Waals surface area contributed by atoms with Crippen molar-refractivity contribution in [2.45, 2.75) is 25.4 Å². The van der Waals surface area contributed by atoms with Crippen LogP contribution in [0.5, 0.6) is 5.75 Å². The Morgan fingerprint density at radius 2 is 2.27 bits per heavy atom. The van der Waals surface area contributed by atoms with Crippen molar-refractivity contribution in [2.75, 3.05) is 0 Å². The molecule has 0 aromatic heterocycles. The van der Waals surface area contributed by atoms with Crippen LogP contribution in [0, 0.1) is 5.82 Å². The van der Waals surface area contributed by atoms with Crippen LogP contribution >= 0.6 is 0 Å². The number of carbonyl (C=O) groups is 1. The summed E-state index contributed by atoms with van der Waals surface area (Å²) in [6.45, 7) is 0. The average Bonchev–Trinajstić information content (AvgIpc) is 2.92. The van der Waals surface area contributed by atoms with E-state index in [1.54, 1.807) is 0 Å². The summed E-state index contributed by atoms with van der Waals surface area (Å²) < 4.78 is 18.4. The van der Waals surface area contributed by atoms with Gasteiger partial charge in [-0.05, 0) is 31.0 Å². The maximum atomic E-state index is 12.9. The quantitative estimate of drug-likeness (QED) is 0.826. The number of benzene rings is 1. The summed E-state index contributed by atoms with van der Waals surface area (Å²) in [5.74, 6) is -0.933. The molecule has 15 heavy (non-hydrogen) atoms. The third-order valence-electron chi connectivity index (χ3n) is 2.18. The number of carboxylic acids is 1. The van der Waals surface area contributed by atoms with Gasteiger partial charge in [-0.25, -0.2) is 4.39 Å². The second-order valence-corrected chi connectivity index (χ2v) is 3.64. The SMILES string of the molecule is O=C(O)Cc1cc(F)ccc1OC1CC1. The van der Waals surface area contributed by atoms with Crippen LogP contribution in [0.2, 0.25) is 0 Å². The minimum absolute atomic E-state index is 0.183. The normalized spacial score (nSPS) is 15.0. The number of ether oxygens (including phenoxy) is 1. The zero-order valence-electron chi connectivity index (χ0n) is 8.07. The highest BCUT2D eigenvalue weighted by Gasteiger charge is 2.24. The molecule has 1 N–H and O–H groups in total. The molecule has 0 radical (unpaired) electrons. The molecule has 0 bridgehead atoms. The standard InChI is InChI=1S/C11H11FO3/c12-8-1-4-10(15-9-2-3-9)7(5-8)6-11(13)14/h1,4-5,9H,2-3,6H2,(H,13,14). The summed E-state index contributed by atoms with van der Waals surface area (Å²) in [6, 6.07) is 3.99. The van der Waals surface area contributed by atoms with Crippen LogP contribution in [0.4, 0.5) is 4.39 Å². The molecule has 1 aromatic rings. The Bertz CT molecular complexity index is 385. The van der Waals surface area contributed by atoms with Crippen LogP contribution in [0.1, 0.15) is 18.4 Å². The molecule has 4 heteroatoms. The molecule has 2 rings (SSSR count). The van der Waals surface area contributed by atoms with E-state index in [0.717, 1.165) is 12.8 Å². The lowest BCUT2D eigenvalue weighted by Gasteiger charge is -2.09. The largest absolute Gasteiger partial charge is 0.490 e. The van der Waals surface area contributed by atoms with Gasteiger partial charge >= 0.3 is 5.97 Å². The van der Waals surface area contributed by atoms with Gasteiger partial charge in [-0.1, -0.05) is 0 Å². The van der Waals surface area contributed by atoms with Gasteiger partial charge in [0.2, 0.25) is 0 Å². The van der Waals surface area contributed by atoms with E-state index in [2.05, 4.69) is 0 Å². The molecule has 1 aromatic carbocycles. The van der Waals surface area contributed by atoms with E-state index in [9.17, 15) is 9.18 Å². The van der Waals surface area contributed by atoms with E-state index in [1.165, 1.54) is 18.2 Å². The van der Waals surface area contributed by atoms with Crippen LogP contribution in [0.25, 0.3) is 0 Å². The molecular formula is C11H11FO3. The maximum absolute atomic E-state index is 12.9. The molecule has 0 heterocycles. The fourth-order valence-corrected chi connectivity index (χ4v) is 1.33. The van der Waals surface area contributed by atoms with Crippen LogP contribution in [0.3, 0.4) is 0 Å². The number of hydrogen-bond donors (Lipinski definition) is 1. The Balaban J connectivity index is 2.21. The van der Waals surface area contributed by atoms with Gasteiger partial charge < -0.3 is 9.84 Å². The summed E-state index contributed by atoms with van der Waals surface area (Å²) in [7, 11) is 0. The first-order chi connectivity index (χ1) is 7.15. The Labute approximate surface area is 86.5 Å². The second kappa shape index (κ2) is 3.88. The Morgan fingerprint density at radius 3 is 2.87 bits per heavy atom. The molecule has 0 saturated heterocycles. The predicted octanol–water partition coefficient (Wildman–Crippen LogP) is 1.99. The lowest BCUT2D eigenvalue weighted by Crippen LogP contribution is -2.05. The van der Waals surface area contributed by atoms with E-state index < -0.39 is 11.8 Å². The van der Waals surface area contributed by atoms with Gasteiger partial charge in [-0.15, -0.1) is 0 Å². The minimum Gasteiger partial charge on any atom is -0.490 e.